The van der Waals surface area contributed by atoms with Gasteiger partial charge in [-0.15, -0.1) is 0 Å². The molecule has 2 amide bonds. The summed E-state index contributed by atoms with van der Waals surface area (Å²) in [6, 6.07) is 19.6. The lowest BCUT2D eigenvalue weighted by molar-refractivity contribution is -0.130. The number of carbonyl (C=O) groups excluding carboxylic acids is 2. The van der Waals surface area contributed by atoms with Gasteiger partial charge in [0.1, 0.15) is 17.8 Å². The number of H-pyrrole nitrogens is 1. The standard InChI is InChI=1S/C40H46N10O4/c1-25-18-31(53-3)19-26(2)32(25)22-34(46-37(51)33(41)10-7-16-50-17-15-44-40(50)42)38(52)47-35(21-30-23-43-24-45-30)39-48-36(49-54-39)20-27-11-13-29(14-12-27)28-8-5-4-6-9-28/h4-6,8-9,11-15,17-19,23-24,33-35H,7,10,16,20-22,41H2,1-3H3,(H2,42,44)(H,43,45)(H,46,51)(H,47,52)/t33-,34+,35+/m1/s1. The minimum absolute atomic E-state index is 0.209. The summed E-state index contributed by atoms with van der Waals surface area (Å²) in [5.74, 6) is 0.909. The zero-order chi connectivity index (χ0) is 38.0. The molecule has 0 saturated carbocycles. The first-order valence-electron chi connectivity index (χ1n) is 17.9. The fourth-order valence-corrected chi connectivity index (χ4v) is 6.42. The first kappa shape index (κ1) is 37.5. The van der Waals surface area contributed by atoms with Crippen LogP contribution in [0.4, 0.5) is 5.95 Å². The van der Waals surface area contributed by atoms with Crippen molar-refractivity contribution < 1.29 is 18.8 Å². The Labute approximate surface area is 313 Å². The second kappa shape index (κ2) is 17.5. The van der Waals surface area contributed by atoms with Gasteiger partial charge in [-0.05, 0) is 72.2 Å². The molecule has 0 saturated heterocycles. The molecule has 54 heavy (non-hydrogen) atoms. The van der Waals surface area contributed by atoms with E-state index >= 15 is 0 Å². The lowest BCUT2D eigenvalue weighted by Crippen LogP contribution is -2.53. The topological polar surface area (TPSA) is 205 Å². The molecule has 0 bridgehead atoms. The maximum Gasteiger partial charge on any atom is 0.249 e. The molecule has 3 heterocycles. The first-order chi connectivity index (χ1) is 26.2. The van der Waals surface area contributed by atoms with Crippen LogP contribution in [0, 0.1) is 13.8 Å². The number of nitrogens with one attached hydrogen (secondary N) is 3. The van der Waals surface area contributed by atoms with Crippen LogP contribution in [-0.2, 0) is 35.4 Å². The predicted molar refractivity (Wildman–Crippen MR) is 204 cm³/mol. The van der Waals surface area contributed by atoms with Crippen LogP contribution in [0.2, 0.25) is 0 Å². The molecule has 0 spiro atoms. The second-order valence-corrected chi connectivity index (χ2v) is 13.3. The third-order valence-electron chi connectivity index (χ3n) is 9.43. The molecule has 14 heteroatoms. The Morgan fingerprint density at radius 1 is 0.963 bits per heavy atom. The third-order valence-corrected chi connectivity index (χ3v) is 9.43. The number of imidazole rings is 2. The SMILES string of the molecule is COc1cc(C)c(C[C@H](NC(=O)[C@H](N)CCCn2ccnc2N)C(=O)N[C@@H](Cc2c[nH]cn2)c2nc(Cc3ccc(-c4ccccc4)cc3)no2)c(C)c1. The van der Waals surface area contributed by atoms with E-state index in [1.165, 1.54) is 0 Å². The van der Waals surface area contributed by atoms with Crippen LogP contribution in [-0.4, -0.2) is 60.7 Å². The molecule has 6 rings (SSSR count). The summed E-state index contributed by atoms with van der Waals surface area (Å²) in [4.78, 5) is 43.9. The summed E-state index contributed by atoms with van der Waals surface area (Å²) in [6.45, 7) is 4.45. The van der Waals surface area contributed by atoms with Crippen molar-refractivity contribution in [3.05, 3.63) is 131 Å². The van der Waals surface area contributed by atoms with E-state index < -0.39 is 29.9 Å². The highest BCUT2D eigenvalue weighted by Gasteiger charge is 2.30. The van der Waals surface area contributed by atoms with Gasteiger partial charge in [0, 0.05) is 44.4 Å². The normalized spacial score (nSPS) is 12.9. The van der Waals surface area contributed by atoms with E-state index in [9.17, 15) is 9.59 Å². The highest BCUT2D eigenvalue weighted by molar-refractivity contribution is 5.90. The third kappa shape index (κ3) is 9.58. The maximum atomic E-state index is 14.3. The minimum atomic E-state index is -0.981. The number of amides is 2. The van der Waals surface area contributed by atoms with Gasteiger partial charge in [0.15, 0.2) is 11.8 Å². The Hall–Kier alpha value is -6.28. The molecule has 3 atom stereocenters. The van der Waals surface area contributed by atoms with Crippen molar-refractivity contribution in [2.45, 2.75) is 70.6 Å². The van der Waals surface area contributed by atoms with Gasteiger partial charge in [0.05, 0.1) is 25.2 Å². The van der Waals surface area contributed by atoms with Gasteiger partial charge in [0.25, 0.3) is 0 Å². The quantitative estimate of drug-likeness (QED) is 0.0895. The predicted octanol–water partition coefficient (Wildman–Crippen LogP) is 4.39. The molecular formula is C40H46N10O4. The molecule has 7 N–H and O–H groups in total. The molecule has 0 radical (unpaired) electrons. The Balaban J connectivity index is 1.20. The van der Waals surface area contributed by atoms with Gasteiger partial charge in [-0.3, -0.25) is 9.59 Å². The van der Waals surface area contributed by atoms with E-state index in [1.807, 2.05) is 56.3 Å². The van der Waals surface area contributed by atoms with E-state index in [1.54, 1.807) is 36.6 Å². The molecule has 280 valence electrons. The average molecular weight is 731 g/mol. The zero-order valence-corrected chi connectivity index (χ0v) is 30.7. The Morgan fingerprint density at radius 2 is 1.70 bits per heavy atom. The average Bonchev–Trinajstić information content (AvgIpc) is 3.96. The van der Waals surface area contributed by atoms with E-state index in [4.69, 9.17) is 25.7 Å². The molecule has 6 aromatic rings. The summed E-state index contributed by atoms with van der Waals surface area (Å²) in [5, 5.41) is 10.3. The van der Waals surface area contributed by atoms with Crippen molar-refractivity contribution in [2.75, 3.05) is 12.8 Å². The molecular weight excluding hydrogens is 685 g/mol. The van der Waals surface area contributed by atoms with Crippen LogP contribution in [0.25, 0.3) is 11.1 Å². The van der Waals surface area contributed by atoms with Crippen LogP contribution in [0.1, 0.15) is 58.5 Å². The number of aromatic amines is 1. The van der Waals surface area contributed by atoms with Crippen LogP contribution in [0.15, 0.2) is 96.2 Å². The number of hydrogen-bond acceptors (Lipinski definition) is 10. The lowest BCUT2D eigenvalue weighted by atomic mass is 9.95. The van der Waals surface area contributed by atoms with Gasteiger partial charge in [-0.1, -0.05) is 59.8 Å². The van der Waals surface area contributed by atoms with Gasteiger partial charge in [0.2, 0.25) is 17.7 Å². The number of ether oxygens (including phenoxy) is 1. The van der Waals surface area contributed by atoms with Crippen LogP contribution >= 0.6 is 0 Å². The van der Waals surface area contributed by atoms with Crippen LogP contribution < -0.4 is 26.8 Å². The van der Waals surface area contributed by atoms with Gasteiger partial charge >= 0.3 is 0 Å². The Morgan fingerprint density at radius 3 is 2.37 bits per heavy atom. The molecule has 0 aliphatic carbocycles. The molecule has 0 unspecified atom stereocenters. The van der Waals surface area contributed by atoms with Gasteiger partial charge in [-0.2, -0.15) is 4.98 Å². The van der Waals surface area contributed by atoms with E-state index in [2.05, 4.69) is 55.0 Å². The molecule has 0 aliphatic rings. The van der Waals surface area contributed by atoms with Crippen LogP contribution in [0.3, 0.4) is 0 Å². The Bertz CT molecular complexity index is 2100. The molecule has 0 fully saturated rings. The monoisotopic (exact) mass is 730 g/mol. The number of nitrogen functional groups attached to an aromatic ring is 1. The van der Waals surface area contributed by atoms with Crippen molar-refractivity contribution in [3.63, 3.8) is 0 Å². The summed E-state index contributed by atoms with van der Waals surface area (Å²) in [5.41, 5.74) is 18.9. The van der Waals surface area contributed by atoms with Gasteiger partial charge in [-0.25, -0.2) is 9.97 Å². The maximum absolute atomic E-state index is 14.3. The number of nitrogens with zero attached hydrogens (tertiary/aromatic N) is 5. The van der Waals surface area contributed by atoms with Crippen molar-refractivity contribution in [3.8, 4) is 16.9 Å². The molecule has 14 nitrogen and oxygen atoms in total. The number of carbonyl (C=O) groups is 2. The number of methoxy groups -OCH3 is 1. The number of rotatable bonds is 17. The van der Waals surface area contributed by atoms with Crippen LogP contribution in [0.5, 0.6) is 5.75 Å². The van der Waals surface area contributed by atoms with Crippen molar-refractivity contribution in [2.24, 2.45) is 5.73 Å². The van der Waals surface area contributed by atoms with Crippen molar-refractivity contribution >= 4 is 17.8 Å². The Kier molecular flexibility index (Phi) is 12.1. The van der Waals surface area contributed by atoms with E-state index in [0.717, 1.165) is 33.4 Å². The summed E-state index contributed by atoms with van der Waals surface area (Å²) >= 11 is 0. The minimum Gasteiger partial charge on any atom is -0.497 e. The number of nitrogens with two attached hydrogens (primary N) is 2. The van der Waals surface area contributed by atoms with Crippen molar-refractivity contribution in [1.29, 1.82) is 0 Å². The van der Waals surface area contributed by atoms with E-state index in [0.29, 0.717) is 49.0 Å². The fraction of sp³-hybridized carbons (Fsp3) is 0.300. The molecule has 0 aliphatic heterocycles. The summed E-state index contributed by atoms with van der Waals surface area (Å²) < 4.78 is 13.0. The zero-order valence-electron chi connectivity index (χ0n) is 30.7. The molecule has 3 aromatic heterocycles. The summed E-state index contributed by atoms with van der Waals surface area (Å²) in [7, 11) is 1.61. The first-order valence-corrected chi connectivity index (χ1v) is 17.9. The van der Waals surface area contributed by atoms with Crippen molar-refractivity contribution in [1.82, 2.24) is 40.3 Å². The number of anilines is 1. The lowest BCUT2D eigenvalue weighted by Gasteiger charge is -2.24. The van der Waals surface area contributed by atoms with Gasteiger partial charge < -0.3 is 40.9 Å². The highest BCUT2D eigenvalue weighted by atomic mass is 16.5. The highest BCUT2D eigenvalue weighted by Crippen LogP contribution is 2.25. The summed E-state index contributed by atoms with van der Waals surface area (Å²) in [6.07, 6.45) is 8.56. The number of benzene rings is 3. The number of hydrogen-bond donors (Lipinski definition) is 5. The second-order valence-electron chi connectivity index (χ2n) is 13.3. The number of aryl methyl sites for hydroxylation is 3. The fourth-order valence-electron chi connectivity index (χ4n) is 6.42. The smallest absolute Gasteiger partial charge is 0.249 e. The number of aromatic nitrogens is 6. The largest absolute Gasteiger partial charge is 0.497 e. The van der Waals surface area contributed by atoms with E-state index in [-0.39, 0.29) is 18.7 Å². The molecule has 3 aromatic carbocycles.